The largest absolute Gasteiger partial charge is 0.484 e. The first-order valence-electron chi connectivity index (χ1n) is 7.15. The molecule has 0 fully saturated rings. The zero-order valence-corrected chi connectivity index (χ0v) is 12.3. The summed E-state index contributed by atoms with van der Waals surface area (Å²) < 4.78 is 5.48. The molecule has 0 radical (unpaired) electrons. The van der Waals surface area contributed by atoms with Crippen molar-refractivity contribution in [2.45, 2.75) is 0 Å². The lowest BCUT2D eigenvalue weighted by molar-refractivity contribution is -0.123. The van der Waals surface area contributed by atoms with Gasteiger partial charge < -0.3 is 4.74 Å². The summed E-state index contributed by atoms with van der Waals surface area (Å²) in [4.78, 5) is 15.6. The number of fused-ring (bicyclic) bond motifs is 1. The van der Waals surface area contributed by atoms with Crippen LogP contribution in [0.15, 0.2) is 72.1 Å². The number of hydrogen-bond acceptors (Lipinski definition) is 4. The second-order valence-corrected chi connectivity index (χ2v) is 4.87. The van der Waals surface area contributed by atoms with Crippen LogP contribution >= 0.6 is 0 Å². The van der Waals surface area contributed by atoms with Gasteiger partial charge in [-0.3, -0.25) is 9.78 Å². The third-order valence-corrected chi connectivity index (χ3v) is 3.20. The average Bonchev–Trinajstić information content (AvgIpc) is 2.61. The molecule has 0 spiro atoms. The summed E-state index contributed by atoms with van der Waals surface area (Å²) in [5.74, 6) is 0.334. The Morgan fingerprint density at radius 3 is 2.70 bits per heavy atom. The third kappa shape index (κ3) is 4.14. The second kappa shape index (κ2) is 7.17. The molecule has 5 nitrogen and oxygen atoms in total. The van der Waals surface area contributed by atoms with Gasteiger partial charge in [-0.2, -0.15) is 5.10 Å². The van der Waals surface area contributed by atoms with Crippen molar-refractivity contribution < 1.29 is 9.53 Å². The van der Waals surface area contributed by atoms with Crippen LogP contribution in [0.2, 0.25) is 0 Å². The van der Waals surface area contributed by atoms with Crippen LogP contribution in [0.1, 0.15) is 5.56 Å². The number of hydrazone groups is 1. The number of nitrogens with zero attached hydrogens (tertiary/aromatic N) is 2. The Bertz CT molecular complexity index is 832. The maximum Gasteiger partial charge on any atom is 0.277 e. The minimum Gasteiger partial charge on any atom is -0.484 e. The van der Waals surface area contributed by atoms with Gasteiger partial charge in [0.25, 0.3) is 5.91 Å². The number of ether oxygens (including phenoxy) is 1. The number of benzene rings is 2. The van der Waals surface area contributed by atoms with Gasteiger partial charge in [-0.15, -0.1) is 0 Å². The number of carbonyl (C=O) groups is 1. The molecule has 3 rings (SSSR count). The first-order valence-corrected chi connectivity index (χ1v) is 7.15. The highest BCUT2D eigenvalue weighted by atomic mass is 16.5. The molecule has 0 bridgehead atoms. The van der Waals surface area contributed by atoms with Crippen molar-refractivity contribution in [2.24, 2.45) is 5.10 Å². The number of aromatic nitrogens is 1. The summed E-state index contributed by atoms with van der Waals surface area (Å²) >= 11 is 0. The Kier molecular flexibility index (Phi) is 4.59. The van der Waals surface area contributed by atoms with Gasteiger partial charge in [-0.1, -0.05) is 30.3 Å². The zero-order valence-electron chi connectivity index (χ0n) is 12.3. The minimum atomic E-state index is -0.316. The molecule has 1 amide bonds. The van der Waals surface area contributed by atoms with Crippen LogP contribution in [0.5, 0.6) is 5.75 Å². The topological polar surface area (TPSA) is 63.6 Å². The minimum absolute atomic E-state index is 0.0912. The summed E-state index contributed by atoms with van der Waals surface area (Å²) in [7, 11) is 0. The van der Waals surface area contributed by atoms with E-state index in [4.69, 9.17) is 4.74 Å². The van der Waals surface area contributed by atoms with Crippen LogP contribution in [-0.2, 0) is 4.79 Å². The molecular weight excluding hydrogens is 290 g/mol. The van der Waals surface area contributed by atoms with Crippen molar-refractivity contribution in [1.82, 2.24) is 10.4 Å². The monoisotopic (exact) mass is 305 g/mol. The summed E-state index contributed by atoms with van der Waals surface area (Å²) in [5.41, 5.74) is 3.28. The molecule has 0 aliphatic carbocycles. The molecule has 0 aliphatic rings. The first kappa shape index (κ1) is 14.7. The van der Waals surface area contributed by atoms with Gasteiger partial charge in [0.05, 0.1) is 6.21 Å². The van der Waals surface area contributed by atoms with Crippen LogP contribution in [0.3, 0.4) is 0 Å². The summed E-state index contributed by atoms with van der Waals surface area (Å²) in [5, 5.41) is 6.07. The van der Waals surface area contributed by atoms with Crippen LogP contribution in [0.25, 0.3) is 10.8 Å². The van der Waals surface area contributed by atoms with Crippen LogP contribution < -0.4 is 10.2 Å². The Labute approximate surface area is 133 Å². The van der Waals surface area contributed by atoms with Gasteiger partial charge in [0.2, 0.25) is 0 Å². The molecule has 0 unspecified atom stereocenters. The molecule has 0 atom stereocenters. The fraction of sp³-hybridized carbons (Fsp3) is 0.0556. The normalized spacial score (nSPS) is 10.8. The lowest BCUT2D eigenvalue weighted by Crippen LogP contribution is -2.24. The van der Waals surface area contributed by atoms with E-state index in [-0.39, 0.29) is 12.5 Å². The van der Waals surface area contributed by atoms with E-state index in [2.05, 4.69) is 15.5 Å². The summed E-state index contributed by atoms with van der Waals surface area (Å²) in [6.45, 7) is -0.0912. The highest BCUT2D eigenvalue weighted by Crippen LogP contribution is 2.20. The number of amides is 1. The maximum atomic E-state index is 11.7. The molecule has 23 heavy (non-hydrogen) atoms. The van der Waals surface area contributed by atoms with Gasteiger partial charge in [0.15, 0.2) is 6.61 Å². The molecule has 5 heteroatoms. The summed E-state index contributed by atoms with van der Waals surface area (Å²) in [6, 6.07) is 17.3. The zero-order chi connectivity index (χ0) is 15.9. The number of rotatable bonds is 5. The lowest BCUT2D eigenvalue weighted by Gasteiger charge is -2.06. The molecule has 3 aromatic rings. The van der Waals surface area contributed by atoms with Crippen molar-refractivity contribution in [3.8, 4) is 5.75 Å². The standard InChI is InChI=1S/C18H15N3O2/c22-18(21-20-12-14-7-9-19-10-8-14)13-23-17-6-5-15-3-1-2-4-16(15)11-17/h1-12H,13H2,(H,21,22)/b20-12-. The van der Waals surface area contributed by atoms with Gasteiger partial charge >= 0.3 is 0 Å². The quantitative estimate of drug-likeness (QED) is 0.582. The van der Waals surface area contributed by atoms with Crippen molar-refractivity contribution in [1.29, 1.82) is 0 Å². The van der Waals surface area contributed by atoms with Crippen molar-refractivity contribution in [3.05, 3.63) is 72.6 Å². The summed E-state index contributed by atoms with van der Waals surface area (Å²) in [6.07, 6.45) is 4.87. The number of pyridine rings is 1. The molecule has 1 heterocycles. The first-order chi connectivity index (χ1) is 11.3. The van der Waals surface area contributed by atoms with E-state index in [0.29, 0.717) is 5.75 Å². The second-order valence-electron chi connectivity index (χ2n) is 4.87. The fourth-order valence-corrected chi connectivity index (χ4v) is 2.07. The Balaban J connectivity index is 1.52. The van der Waals surface area contributed by atoms with Gasteiger partial charge in [0, 0.05) is 12.4 Å². The van der Waals surface area contributed by atoms with Crippen LogP contribution in [0.4, 0.5) is 0 Å². The van der Waals surface area contributed by atoms with Gasteiger partial charge in [-0.25, -0.2) is 5.43 Å². The van der Waals surface area contributed by atoms with Crippen molar-refractivity contribution in [3.63, 3.8) is 0 Å². The van der Waals surface area contributed by atoms with Gasteiger partial charge in [-0.05, 0) is 40.6 Å². The van der Waals surface area contributed by atoms with E-state index in [1.54, 1.807) is 30.7 Å². The van der Waals surface area contributed by atoms with Crippen molar-refractivity contribution in [2.75, 3.05) is 6.61 Å². The Morgan fingerprint density at radius 2 is 1.87 bits per heavy atom. The molecule has 2 aromatic carbocycles. The van der Waals surface area contributed by atoms with E-state index in [1.165, 1.54) is 0 Å². The number of hydrogen-bond donors (Lipinski definition) is 1. The number of carbonyl (C=O) groups excluding carboxylic acids is 1. The molecule has 0 saturated carbocycles. The highest BCUT2D eigenvalue weighted by Gasteiger charge is 2.02. The SMILES string of the molecule is O=C(COc1ccc2ccccc2c1)N/N=C\c1ccncc1. The van der Waals surface area contributed by atoms with E-state index < -0.39 is 0 Å². The van der Waals surface area contributed by atoms with Crippen molar-refractivity contribution >= 4 is 22.9 Å². The predicted octanol–water partition coefficient (Wildman–Crippen LogP) is 2.76. The van der Waals surface area contributed by atoms with E-state index in [9.17, 15) is 4.79 Å². The van der Waals surface area contributed by atoms with E-state index in [1.807, 2.05) is 42.5 Å². The predicted molar refractivity (Wildman–Crippen MR) is 89.4 cm³/mol. The van der Waals surface area contributed by atoms with E-state index in [0.717, 1.165) is 16.3 Å². The van der Waals surface area contributed by atoms with Crippen LogP contribution in [0, 0.1) is 0 Å². The molecule has 1 N–H and O–H groups in total. The average molecular weight is 305 g/mol. The van der Waals surface area contributed by atoms with E-state index >= 15 is 0 Å². The molecule has 0 aliphatic heterocycles. The van der Waals surface area contributed by atoms with Crippen LogP contribution in [-0.4, -0.2) is 23.7 Å². The smallest absolute Gasteiger partial charge is 0.277 e. The Morgan fingerprint density at radius 1 is 1.09 bits per heavy atom. The lowest BCUT2D eigenvalue weighted by atomic mass is 10.1. The molecule has 1 aromatic heterocycles. The van der Waals surface area contributed by atoms with Gasteiger partial charge in [0.1, 0.15) is 5.75 Å². The molecular formula is C18H15N3O2. The molecule has 0 saturated heterocycles. The highest BCUT2D eigenvalue weighted by molar-refractivity contribution is 5.84. The Hall–Kier alpha value is -3.21. The third-order valence-electron chi connectivity index (χ3n) is 3.20. The molecule has 114 valence electrons. The fourth-order valence-electron chi connectivity index (χ4n) is 2.07. The maximum absolute atomic E-state index is 11.7. The number of nitrogens with one attached hydrogen (secondary N) is 1.